The molecule has 3 aliphatic rings. The van der Waals surface area contributed by atoms with Crippen molar-refractivity contribution in [3.63, 3.8) is 0 Å². The topological polar surface area (TPSA) is 67.6 Å². The van der Waals surface area contributed by atoms with E-state index >= 15 is 0 Å². The van der Waals surface area contributed by atoms with Crippen LogP contribution in [0.25, 0.3) is 17.2 Å². The van der Waals surface area contributed by atoms with Crippen LogP contribution in [-0.2, 0) is 10.2 Å². The number of allylic oxidation sites excluding steroid dienone is 6. The van der Waals surface area contributed by atoms with Crippen LogP contribution in [0.1, 0.15) is 80.7 Å². The summed E-state index contributed by atoms with van der Waals surface area (Å²) in [6.45, 7) is 15.2. The molecule has 5 heteroatoms. The van der Waals surface area contributed by atoms with Gasteiger partial charge in [-0.1, -0.05) is 86.5 Å². The Morgan fingerprint density at radius 1 is 0.923 bits per heavy atom. The second-order valence-electron chi connectivity index (χ2n) is 14.9. The summed E-state index contributed by atoms with van der Waals surface area (Å²) < 4.78 is 0. The Morgan fingerprint density at radius 3 is 2.33 bits per heavy atom. The highest BCUT2D eigenvalue weighted by Gasteiger charge is 2.43. The summed E-state index contributed by atoms with van der Waals surface area (Å²) in [5, 5.41) is 18.3. The molecular formula is C47H45N3O2. The van der Waals surface area contributed by atoms with Gasteiger partial charge >= 0.3 is 5.97 Å². The number of carboxylic acids is 1. The number of carboxylic acid groups (broad SMARTS) is 1. The molecule has 0 bridgehead atoms. The molecule has 2 atom stereocenters. The van der Waals surface area contributed by atoms with Gasteiger partial charge < -0.3 is 14.9 Å². The maximum atomic E-state index is 11.2. The molecule has 4 aromatic rings. The van der Waals surface area contributed by atoms with Gasteiger partial charge in [-0.05, 0) is 134 Å². The van der Waals surface area contributed by atoms with Crippen LogP contribution in [0.15, 0.2) is 133 Å². The van der Waals surface area contributed by atoms with Gasteiger partial charge in [-0.15, -0.1) is 0 Å². The van der Waals surface area contributed by atoms with Crippen LogP contribution in [0.5, 0.6) is 0 Å². The average molecular weight is 684 g/mol. The monoisotopic (exact) mass is 683 g/mol. The molecule has 2 aliphatic carbocycles. The highest BCUT2D eigenvalue weighted by molar-refractivity contribution is 5.91. The third kappa shape index (κ3) is 6.09. The van der Waals surface area contributed by atoms with Crippen LogP contribution < -0.4 is 9.80 Å². The molecule has 52 heavy (non-hydrogen) atoms. The number of aryl methyl sites for hydroxylation is 1. The summed E-state index contributed by atoms with van der Waals surface area (Å²) in [5.41, 5.74) is 15.2. The molecule has 1 fully saturated rings. The predicted molar refractivity (Wildman–Crippen MR) is 214 cm³/mol. The lowest BCUT2D eigenvalue weighted by Crippen LogP contribution is -2.27. The fraction of sp³-hybridized carbons (Fsp3) is 0.234. The van der Waals surface area contributed by atoms with Crippen molar-refractivity contribution < 1.29 is 9.90 Å². The summed E-state index contributed by atoms with van der Waals surface area (Å²) in [7, 11) is 0. The number of hydrogen-bond acceptors (Lipinski definition) is 4. The van der Waals surface area contributed by atoms with Crippen molar-refractivity contribution in [1.82, 2.24) is 0 Å². The summed E-state index contributed by atoms with van der Waals surface area (Å²) in [6.07, 6.45) is 14.6. The Morgan fingerprint density at radius 2 is 1.63 bits per heavy atom. The van der Waals surface area contributed by atoms with E-state index in [1.807, 2.05) is 12.2 Å². The van der Waals surface area contributed by atoms with E-state index in [0.29, 0.717) is 12.0 Å². The minimum atomic E-state index is -1.22. The SMILES string of the molecule is C=C/C(=C\C=C(C)C)N(c1ccc(C)cc1)c1ccc2c(c1)C(C)(C)c1cc(N3c4ccc(/C=C/C=C(\C#N)C(=O)O)cc4C4CCCC43)ccc1-2. The van der Waals surface area contributed by atoms with Gasteiger partial charge in [0.25, 0.3) is 0 Å². The molecular weight excluding hydrogens is 639 g/mol. The van der Waals surface area contributed by atoms with Gasteiger partial charge in [0.15, 0.2) is 0 Å². The molecule has 260 valence electrons. The Balaban J connectivity index is 1.25. The Hall–Kier alpha value is -5.86. The molecule has 7 rings (SSSR count). The van der Waals surface area contributed by atoms with Gasteiger partial charge in [-0.3, -0.25) is 0 Å². The zero-order valence-corrected chi connectivity index (χ0v) is 30.6. The Labute approximate surface area is 307 Å². The van der Waals surface area contributed by atoms with E-state index in [1.54, 1.807) is 12.1 Å². The smallest absolute Gasteiger partial charge is 0.346 e. The van der Waals surface area contributed by atoms with Crippen molar-refractivity contribution in [2.45, 2.75) is 71.3 Å². The minimum Gasteiger partial charge on any atom is -0.477 e. The fourth-order valence-electron chi connectivity index (χ4n) is 8.36. The molecule has 1 heterocycles. The zero-order valence-electron chi connectivity index (χ0n) is 30.6. The van der Waals surface area contributed by atoms with E-state index in [9.17, 15) is 9.90 Å². The minimum absolute atomic E-state index is 0.217. The van der Waals surface area contributed by atoms with Crippen molar-refractivity contribution in [2.75, 3.05) is 9.80 Å². The summed E-state index contributed by atoms with van der Waals surface area (Å²) in [6, 6.07) is 31.3. The molecule has 1 N–H and O–H groups in total. The molecule has 4 aromatic carbocycles. The molecule has 0 saturated heterocycles. The van der Waals surface area contributed by atoms with Crippen LogP contribution in [0.3, 0.4) is 0 Å². The second kappa shape index (κ2) is 13.7. The highest BCUT2D eigenvalue weighted by Crippen LogP contribution is 2.55. The van der Waals surface area contributed by atoms with Crippen molar-refractivity contribution in [2.24, 2.45) is 0 Å². The molecule has 0 spiro atoms. The summed E-state index contributed by atoms with van der Waals surface area (Å²) in [5.74, 6) is -0.773. The quantitative estimate of drug-likeness (QED) is 0.108. The van der Waals surface area contributed by atoms with Gasteiger partial charge in [0.05, 0.1) is 0 Å². The van der Waals surface area contributed by atoms with Crippen molar-refractivity contribution in [3.8, 4) is 17.2 Å². The Kier molecular flexibility index (Phi) is 9.11. The molecule has 1 aliphatic heterocycles. The molecule has 0 aromatic heterocycles. The summed E-state index contributed by atoms with van der Waals surface area (Å²) in [4.78, 5) is 16.1. The lowest BCUT2D eigenvalue weighted by atomic mass is 9.82. The number of aliphatic carboxylic acids is 1. The van der Waals surface area contributed by atoms with Gasteiger partial charge in [0.2, 0.25) is 0 Å². The molecule has 1 saturated carbocycles. The van der Waals surface area contributed by atoms with Crippen molar-refractivity contribution >= 4 is 34.8 Å². The Bertz CT molecular complexity index is 2260. The number of anilines is 4. The first-order valence-corrected chi connectivity index (χ1v) is 18.1. The number of fused-ring (bicyclic) bond motifs is 6. The molecule has 0 amide bonds. The van der Waals surface area contributed by atoms with E-state index in [1.165, 1.54) is 62.8 Å². The maximum Gasteiger partial charge on any atom is 0.346 e. The van der Waals surface area contributed by atoms with Crippen LogP contribution in [0.2, 0.25) is 0 Å². The number of carbonyl (C=O) groups is 1. The molecule has 2 unspecified atom stereocenters. The average Bonchev–Trinajstić information content (AvgIpc) is 3.78. The highest BCUT2D eigenvalue weighted by atomic mass is 16.4. The standard InChI is InChI=1S/C47H45N3O2/c1-7-34(18-14-30(2)3)49(35-19-15-31(4)16-20-35)36-21-23-38-39-24-22-37(28-43(39)47(5,6)42(38)27-36)50-44-13-9-12-40(44)41-26-32(17-25-45(41)50)10-8-11-33(29-48)46(51)52/h7-8,10-11,14-28,40,44H,1,9,12-13H2,2-6H3,(H,51,52)/b10-8+,33-11+,34-18+. The van der Waals surface area contributed by atoms with Gasteiger partial charge in [-0.2, -0.15) is 5.26 Å². The zero-order chi connectivity index (χ0) is 36.7. The second-order valence-corrected chi connectivity index (χ2v) is 14.9. The number of rotatable bonds is 9. The first kappa shape index (κ1) is 34.6. The number of hydrogen-bond donors (Lipinski definition) is 1. The summed E-state index contributed by atoms with van der Waals surface area (Å²) >= 11 is 0. The number of nitrogens with zero attached hydrogens (tertiary/aromatic N) is 3. The molecule has 5 nitrogen and oxygen atoms in total. The first-order chi connectivity index (χ1) is 25.0. The predicted octanol–water partition coefficient (Wildman–Crippen LogP) is 11.8. The van der Waals surface area contributed by atoms with Gasteiger partial charge in [0, 0.05) is 45.8 Å². The number of nitriles is 1. The van der Waals surface area contributed by atoms with Crippen LogP contribution in [-0.4, -0.2) is 17.1 Å². The molecule has 0 radical (unpaired) electrons. The van der Waals surface area contributed by atoms with E-state index < -0.39 is 5.97 Å². The van der Waals surface area contributed by atoms with Crippen molar-refractivity contribution in [3.05, 3.63) is 160 Å². The van der Waals surface area contributed by atoms with Gasteiger partial charge in [0.1, 0.15) is 11.6 Å². The van der Waals surface area contributed by atoms with Crippen LogP contribution in [0.4, 0.5) is 22.7 Å². The van der Waals surface area contributed by atoms with E-state index in [2.05, 4.69) is 142 Å². The lowest BCUT2D eigenvalue weighted by molar-refractivity contribution is -0.132. The largest absolute Gasteiger partial charge is 0.477 e. The lowest BCUT2D eigenvalue weighted by Gasteiger charge is -2.30. The first-order valence-electron chi connectivity index (χ1n) is 18.1. The van der Waals surface area contributed by atoms with Crippen molar-refractivity contribution in [1.29, 1.82) is 5.26 Å². The maximum absolute atomic E-state index is 11.2. The fourth-order valence-corrected chi connectivity index (χ4v) is 8.36. The number of benzene rings is 4. The van der Waals surface area contributed by atoms with Gasteiger partial charge in [-0.25, -0.2) is 4.79 Å². The normalized spacial score (nSPS) is 18.3. The van der Waals surface area contributed by atoms with E-state index in [4.69, 9.17) is 5.26 Å². The van der Waals surface area contributed by atoms with Crippen LogP contribution >= 0.6 is 0 Å². The third-order valence-corrected chi connectivity index (χ3v) is 11.0. The van der Waals surface area contributed by atoms with E-state index in [-0.39, 0.29) is 11.0 Å². The van der Waals surface area contributed by atoms with Crippen LogP contribution in [0, 0.1) is 18.3 Å². The third-order valence-electron chi connectivity index (χ3n) is 11.0. The van der Waals surface area contributed by atoms with E-state index in [0.717, 1.165) is 35.5 Å².